The summed E-state index contributed by atoms with van der Waals surface area (Å²) in [5.41, 5.74) is 6.12. The predicted molar refractivity (Wildman–Crippen MR) is 61.5 cm³/mol. The topological polar surface area (TPSA) is 56.7 Å². The van der Waals surface area contributed by atoms with Crippen molar-refractivity contribution in [1.82, 2.24) is 14.8 Å². The highest BCUT2D eigenvalue weighted by molar-refractivity contribution is 5.01. The predicted octanol–water partition coefficient (Wildman–Crippen LogP) is 2.21. The van der Waals surface area contributed by atoms with Crippen LogP contribution in [0.1, 0.15) is 57.8 Å². The Bertz CT molecular complexity index is 314. The Morgan fingerprint density at radius 3 is 2.27 bits per heavy atom. The second-order valence-electron chi connectivity index (χ2n) is 4.81. The van der Waals surface area contributed by atoms with Crippen LogP contribution >= 0.6 is 0 Å². The van der Waals surface area contributed by atoms with Crippen molar-refractivity contribution in [3.8, 4) is 0 Å². The molecule has 0 aromatic carbocycles. The average molecular weight is 210 g/mol. The van der Waals surface area contributed by atoms with Crippen LogP contribution in [-0.2, 0) is 0 Å². The summed E-state index contributed by atoms with van der Waals surface area (Å²) in [6, 6.07) is 0.363. The van der Waals surface area contributed by atoms with Gasteiger partial charge in [-0.3, -0.25) is 0 Å². The molecule has 1 atom stereocenters. The van der Waals surface area contributed by atoms with Gasteiger partial charge in [0.2, 0.25) is 0 Å². The molecule has 4 nitrogen and oxygen atoms in total. The summed E-state index contributed by atoms with van der Waals surface area (Å²) in [6.07, 6.45) is 0.949. The van der Waals surface area contributed by atoms with Crippen LogP contribution in [-0.4, -0.2) is 14.8 Å². The van der Waals surface area contributed by atoms with E-state index in [1.807, 2.05) is 6.92 Å². The number of nitrogens with zero attached hydrogens (tertiary/aromatic N) is 3. The molecule has 0 fully saturated rings. The number of hydrogen-bond donors (Lipinski definition) is 1. The van der Waals surface area contributed by atoms with Crippen LogP contribution < -0.4 is 5.73 Å². The van der Waals surface area contributed by atoms with Gasteiger partial charge in [0.25, 0.3) is 0 Å². The van der Waals surface area contributed by atoms with E-state index in [2.05, 4.69) is 42.5 Å². The average Bonchev–Trinajstić information content (AvgIpc) is 2.45. The Hall–Kier alpha value is -0.900. The largest absolute Gasteiger partial charge is 0.321 e. The molecular weight excluding hydrogens is 188 g/mol. The molecule has 1 rings (SSSR count). The van der Waals surface area contributed by atoms with Gasteiger partial charge < -0.3 is 10.3 Å². The maximum absolute atomic E-state index is 6.12. The van der Waals surface area contributed by atoms with Crippen LogP contribution in [0.25, 0.3) is 0 Å². The van der Waals surface area contributed by atoms with Gasteiger partial charge in [-0.25, -0.2) is 0 Å². The third-order valence-corrected chi connectivity index (χ3v) is 2.47. The van der Waals surface area contributed by atoms with E-state index in [9.17, 15) is 0 Å². The van der Waals surface area contributed by atoms with Gasteiger partial charge in [0.15, 0.2) is 0 Å². The van der Waals surface area contributed by atoms with Gasteiger partial charge in [0.1, 0.15) is 11.6 Å². The van der Waals surface area contributed by atoms with Crippen molar-refractivity contribution < 1.29 is 0 Å². The Labute approximate surface area is 91.9 Å². The molecule has 0 radical (unpaired) electrons. The maximum Gasteiger partial charge on any atom is 0.150 e. The number of hydrogen-bond acceptors (Lipinski definition) is 3. The second kappa shape index (κ2) is 4.75. The van der Waals surface area contributed by atoms with Crippen LogP contribution in [0.4, 0.5) is 0 Å². The van der Waals surface area contributed by atoms with E-state index < -0.39 is 0 Å². The fourth-order valence-electron chi connectivity index (χ4n) is 1.89. The highest BCUT2D eigenvalue weighted by Gasteiger charge is 2.18. The quantitative estimate of drug-likeness (QED) is 0.829. The van der Waals surface area contributed by atoms with Gasteiger partial charge in [-0.05, 0) is 33.1 Å². The van der Waals surface area contributed by atoms with Gasteiger partial charge in [-0.15, -0.1) is 10.2 Å². The van der Waals surface area contributed by atoms with Crippen molar-refractivity contribution in [3.05, 3.63) is 11.6 Å². The summed E-state index contributed by atoms with van der Waals surface area (Å²) in [4.78, 5) is 0. The number of rotatable bonds is 4. The maximum atomic E-state index is 6.12. The molecule has 0 bridgehead atoms. The van der Waals surface area contributed by atoms with Gasteiger partial charge in [0.05, 0.1) is 6.04 Å². The van der Waals surface area contributed by atoms with Crippen molar-refractivity contribution >= 4 is 0 Å². The zero-order chi connectivity index (χ0) is 11.6. The first-order valence-electron chi connectivity index (χ1n) is 5.60. The lowest BCUT2D eigenvalue weighted by Gasteiger charge is -2.18. The molecule has 0 amide bonds. The molecule has 86 valence electrons. The SMILES string of the molecule is Cc1nnc(C(N)CC(C)C)n1C(C)C. The Morgan fingerprint density at radius 1 is 1.20 bits per heavy atom. The first-order chi connectivity index (χ1) is 6.93. The summed E-state index contributed by atoms with van der Waals surface area (Å²) in [5, 5.41) is 8.28. The molecule has 1 aromatic rings. The minimum Gasteiger partial charge on any atom is -0.321 e. The summed E-state index contributed by atoms with van der Waals surface area (Å²) < 4.78 is 2.12. The lowest BCUT2D eigenvalue weighted by molar-refractivity contribution is 0.455. The molecule has 0 saturated heterocycles. The molecule has 0 saturated carbocycles. The summed E-state index contributed by atoms with van der Waals surface area (Å²) in [5.74, 6) is 2.44. The van der Waals surface area contributed by atoms with E-state index in [1.54, 1.807) is 0 Å². The van der Waals surface area contributed by atoms with Crippen molar-refractivity contribution in [2.24, 2.45) is 11.7 Å². The highest BCUT2D eigenvalue weighted by Crippen LogP contribution is 2.20. The zero-order valence-corrected chi connectivity index (χ0v) is 10.4. The number of nitrogens with two attached hydrogens (primary N) is 1. The molecule has 15 heavy (non-hydrogen) atoms. The van der Waals surface area contributed by atoms with E-state index in [-0.39, 0.29) is 6.04 Å². The normalized spacial score (nSPS) is 13.9. The number of aryl methyl sites for hydroxylation is 1. The van der Waals surface area contributed by atoms with Crippen molar-refractivity contribution in [2.75, 3.05) is 0 Å². The van der Waals surface area contributed by atoms with Gasteiger partial charge in [-0.2, -0.15) is 0 Å². The van der Waals surface area contributed by atoms with Crippen LogP contribution in [0.2, 0.25) is 0 Å². The van der Waals surface area contributed by atoms with E-state index in [4.69, 9.17) is 5.73 Å². The van der Waals surface area contributed by atoms with E-state index >= 15 is 0 Å². The zero-order valence-electron chi connectivity index (χ0n) is 10.4. The molecule has 0 spiro atoms. The monoisotopic (exact) mass is 210 g/mol. The highest BCUT2D eigenvalue weighted by atomic mass is 15.3. The Balaban J connectivity index is 2.93. The first-order valence-corrected chi connectivity index (χ1v) is 5.60. The van der Waals surface area contributed by atoms with Crippen molar-refractivity contribution in [1.29, 1.82) is 0 Å². The third kappa shape index (κ3) is 2.78. The van der Waals surface area contributed by atoms with Gasteiger partial charge in [0, 0.05) is 6.04 Å². The fraction of sp³-hybridized carbons (Fsp3) is 0.818. The molecule has 1 aromatic heterocycles. The summed E-state index contributed by atoms with van der Waals surface area (Å²) in [7, 11) is 0. The second-order valence-corrected chi connectivity index (χ2v) is 4.81. The third-order valence-electron chi connectivity index (χ3n) is 2.47. The molecule has 2 N–H and O–H groups in total. The van der Waals surface area contributed by atoms with Crippen molar-refractivity contribution in [2.45, 2.75) is 53.1 Å². The standard InChI is InChI=1S/C11H22N4/c1-7(2)6-10(12)11-14-13-9(5)15(11)8(3)4/h7-8,10H,6,12H2,1-5H3. The molecule has 0 aliphatic heterocycles. The van der Waals surface area contributed by atoms with E-state index in [1.165, 1.54) is 0 Å². The lowest BCUT2D eigenvalue weighted by atomic mass is 10.0. The van der Waals surface area contributed by atoms with E-state index in [0.717, 1.165) is 18.1 Å². The van der Waals surface area contributed by atoms with Gasteiger partial charge >= 0.3 is 0 Å². The minimum atomic E-state index is -0.00593. The van der Waals surface area contributed by atoms with Crippen molar-refractivity contribution in [3.63, 3.8) is 0 Å². The minimum absolute atomic E-state index is 0.00593. The lowest BCUT2D eigenvalue weighted by Crippen LogP contribution is -2.20. The Morgan fingerprint density at radius 2 is 1.80 bits per heavy atom. The molecule has 0 aliphatic carbocycles. The number of aromatic nitrogens is 3. The molecule has 0 aliphatic rings. The molecular formula is C11H22N4. The van der Waals surface area contributed by atoms with Crippen LogP contribution in [0, 0.1) is 12.8 Å². The summed E-state index contributed by atoms with van der Waals surface area (Å²) >= 11 is 0. The molecule has 1 unspecified atom stereocenters. The fourth-order valence-corrected chi connectivity index (χ4v) is 1.89. The van der Waals surface area contributed by atoms with Crippen LogP contribution in [0.5, 0.6) is 0 Å². The molecule has 1 heterocycles. The first kappa shape index (κ1) is 12.2. The van der Waals surface area contributed by atoms with E-state index in [0.29, 0.717) is 12.0 Å². The Kier molecular flexibility index (Phi) is 3.85. The summed E-state index contributed by atoms with van der Waals surface area (Å²) in [6.45, 7) is 10.6. The smallest absolute Gasteiger partial charge is 0.150 e. The van der Waals surface area contributed by atoms with Crippen LogP contribution in [0.3, 0.4) is 0 Å². The van der Waals surface area contributed by atoms with Crippen LogP contribution in [0.15, 0.2) is 0 Å². The van der Waals surface area contributed by atoms with Gasteiger partial charge in [-0.1, -0.05) is 13.8 Å². The molecule has 4 heteroatoms.